The third-order valence-electron chi connectivity index (χ3n) is 3.80. The predicted molar refractivity (Wildman–Crippen MR) is 85.8 cm³/mol. The summed E-state index contributed by atoms with van der Waals surface area (Å²) in [5, 5.41) is 5.99. The number of nitrogens with two attached hydrogens (primary N) is 1. The van der Waals surface area contributed by atoms with Crippen LogP contribution in [0.3, 0.4) is 0 Å². The van der Waals surface area contributed by atoms with Crippen LogP contribution in [-0.4, -0.2) is 21.1 Å². The number of carbonyl (C=O) groups excluding carboxylic acids is 1. The van der Waals surface area contributed by atoms with Crippen LogP contribution in [0.2, 0.25) is 0 Å². The van der Waals surface area contributed by atoms with E-state index in [9.17, 15) is 31.1 Å². The molecule has 0 saturated heterocycles. The van der Waals surface area contributed by atoms with Gasteiger partial charge in [0.25, 0.3) is 5.91 Å². The largest absolute Gasteiger partial charge is 0.417 e. The molecule has 0 unspecified atom stereocenters. The minimum Gasteiger partial charge on any atom is -0.363 e. The monoisotopic (exact) mass is 400 g/mol. The Bertz CT molecular complexity index is 1040. The minimum atomic E-state index is -4.86. The zero-order valence-electron chi connectivity index (χ0n) is 13.7. The lowest BCUT2D eigenvalue weighted by molar-refractivity contribution is -0.141. The van der Waals surface area contributed by atoms with Crippen molar-refractivity contribution in [1.82, 2.24) is 15.2 Å². The second-order valence-electron chi connectivity index (χ2n) is 5.71. The molecule has 0 fully saturated rings. The van der Waals surface area contributed by atoms with E-state index in [1.54, 1.807) is 0 Å². The molecule has 1 amide bonds. The number of carbonyl (C=O) groups is 1. The van der Waals surface area contributed by atoms with Gasteiger partial charge in [-0.25, -0.2) is 4.98 Å². The third kappa shape index (κ3) is 3.82. The van der Waals surface area contributed by atoms with Gasteiger partial charge in [-0.15, -0.1) is 0 Å². The molecule has 0 aliphatic rings. The Kier molecular flexibility index (Phi) is 4.61. The molecule has 11 heteroatoms. The SMILES string of the molecule is NC(=O)c1nc(-c2cccc(-c3cc(C(F)(F)F)ccc3C(F)(F)F)c2)n[nH]1. The van der Waals surface area contributed by atoms with E-state index in [2.05, 4.69) is 15.2 Å². The number of hydrogen-bond donors (Lipinski definition) is 2. The highest BCUT2D eigenvalue weighted by Gasteiger charge is 2.37. The Balaban J connectivity index is 2.15. The van der Waals surface area contributed by atoms with Gasteiger partial charge in [-0.2, -0.15) is 31.4 Å². The zero-order valence-corrected chi connectivity index (χ0v) is 13.7. The summed E-state index contributed by atoms with van der Waals surface area (Å²) in [4.78, 5) is 14.9. The van der Waals surface area contributed by atoms with Gasteiger partial charge in [-0.3, -0.25) is 9.89 Å². The number of benzene rings is 2. The van der Waals surface area contributed by atoms with E-state index < -0.39 is 35.0 Å². The number of hydrogen-bond acceptors (Lipinski definition) is 3. The molecular weight excluding hydrogens is 390 g/mol. The van der Waals surface area contributed by atoms with Crippen molar-refractivity contribution in [2.24, 2.45) is 5.73 Å². The van der Waals surface area contributed by atoms with Gasteiger partial charge < -0.3 is 5.73 Å². The molecule has 0 bridgehead atoms. The summed E-state index contributed by atoms with van der Waals surface area (Å²) in [6.07, 6.45) is -9.67. The van der Waals surface area contributed by atoms with Crippen LogP contribution >= 0.6 is 0 Å². The van der Waals surface area contributed by atoms with Crippen LogP contribution in [0.1, 0.15) is 21.7 Å². The first-order valence-corrected chi connectivity index (χ1v) is 7.58. The average Bonchev–Trinajstić information content (AvgIpc) is 3.10. The quantitative estimate of drug-likeness (QED) is 0.644. The molecule has 0 aliphatic carbocycles. The summed E-state index contributed by atoms with van der Waals surface area (Å²) in [5.41, 5.74) is 2.04. The lowest BCUT2D eigenvalue weighted by Crippen LogP contribution is -2.12. The van der Waals surface area contributed by atoms with Crippen molar-refractivity contribution in [3.05, 3.63) is 59.4 Å². The van der Waals surface area contributed by atoms with E-state index in [-0.39, 0.29) is 22.8 Å². The van der Waals surface area contributed by atoms with Crippen LogP contribution in [-0.2, 0) is 12.4 Å². The second-order valence-corrected chi connectivity index (χ2v) is 5.71. The molecule has 146 valence electrons. The highest BCUT2D eigenvalue weighted by Crippen LogP contribution is 2.41. The number of H-pyrrole nitrogens is 1. The summed E-state index contributed by atoms with van der Waals surface area (Å²) in [6, 6.07) is 6.40. The van der Waals surface area contributed by atoms with Gasteiger partial charge in [0.2, 0.25) is 5.82 Å². The Labute approximate surface area is 153 Å². The molecule has 3 N–H and O–H groups in total. The van der Waals surface area contributed by atoms with Crippen LogP contribution in [0.25, 0.3) is 22.5 Å². The molecule has 1 heterocycles. The maximum Gasteiger partial charge on any atom is 0.417 e. The summed E-state index contributed by atoms with van der Waals surface area (Å²) in [7, 11) is 0. The van der Waals surface area contributed by atoms with E-state index in [0.29, 0.717) is 18.2 Å². The Morgan fingerprint density at radius 1 is 0.929 bits per heavy atom. The van der Waals surface area contributed by atoms with E-state index in [1.165, 1.54) is 24.3 Å². The van der Waals surface area contributed by atoms with Crippen molar-refractivity contribution in [3.8, 4) is 22.5 Å². The number of primary amides is 1. The Morgan fingerprint density at radius 3 is 2.18 bits per heavy atom. The minimum absolute atomic E-state index is 0.0452. The van der Waals surface area contributed by atoms with Crippen molar-refractivity contribution in [2.45, 2.75) is 12.4 Å². The fraction of sp³-hybridized carbons (Fsp3) is 0.118. The number of halogens is 6. The normalized spacial score (nSPS) is 12.2. The summed E-state index contributed by atoms with van der Waals surface area (Å²) >= 11 is 0. The molecule has 1 aromatic heterocycles. The first-order valence-electron chi connectivity index (χ1n) is 7.58. The van der Waals surface area contributed by atoms with E-state index in [4.69, 9.17) is 5.73 Å². The molecule has 0 aliphatic heterocycles. The van der Waals surface area contributed by atoms with Gasteiger partial charge in [-0.05, 0) is 35.4 Å². The van der Waals surface area contributed by atoms with Crippen LogP contribution in [0, 0.1) is 0 Å². The lowest BCUT2D eigenvalue weighted by Gasteiger charge is -2.16. The molecule has 0 saturated carbocycles. The zero-order chi connectivity index (χ0) is 20.7. The number of rotatable bonds is 3. The first kappa shape index (κ1) is 19.4. The second kappa shape index (κ2) is 6.66. The summed E-state index contributed by atoms with van der Waals surface area (Å²) in [5.74, 6) is -1.21. The molecule has 5 nitrogen and oxygen atoms in total. The van der Waals surface area contributed by atoms with Crippen LogP contribution in [0.5, 0.6) is 0 Å². The number of aromatic amines is 1. The molecule has 0 atom stereocenters. The predicted octanol–water partition coefficient (Wildman–Crippen LogP) is 4.28. The maximum atomic E-state index is 13.3. The van der Waals surface area contributed by atoms with Gasteiger partial charge in [0, 0.05) is 5.56 Å². The smallest absolute Gasteiger partial charge is 0.363 e. The Morgan fingerprint density at radius 2 is 1.61 bits per heavy atom. The van der Waals surface area contributed by atoms with Gasteiger partial charge in [0.1, 0.15) is 0 Å². The molecule has 0 radical (unpaired) electrons. The number of amides is 1. The number of aromatic nitrogens is 3. The van der Waals surface area contributed by atoms with E-state index >= 15 is 0 Å². The van der Waals surface area contributed by atoms with Gasteiger partial charge in [0.05, 0.1) is 11.1 Å². The number of nitrogens with one attached hydrogen (secondary N) is 1. The topological polar surface area (TPSA) is 84.7 Å². The lowest BCUT2D eigenvalue weighted by atomic mass is 9.95. The maximum absolute atomic E-state index is 13.3. The van der Waals surface area contributed by atoms with Crippen molar-refractivity contribution < 1.29 is 31.1 Å². The summed E-state index contributed by atoms with van der Waals surface area (Å²) < 4.78 is 78.9. The van der Waals surface area contributed by atoms with Crippen molar-refractivity contribution in [2.75, 3.05) is 0 Å². The molecule has 28 heavy (non-hydrogen) atoms. The highest BCUT2D eigenvalue weighted by molar-refractivity contribution is 5.89. The first-order chi connectivity index (χ1) is 13.0. The van der Waals surface area contributed by atoms with Gasteiger partial charge >= 0.3 is 12.4 Å². The summed E-state index contributed by atoms with van der Waals surface area (Å²) in [6.45, 7) is 0. The van der Waals surface area contributed by atoms with Gasteiger partial charge in [0.15, 0.2) is 5.82 Å². The van der Waals surface area contributed by atoms with E-state index in [0.717, 1.165) is 0 Å². The van der Waals surface area contributed by atoms with Crippen LogP contribution in [0.15, 0.2) is 42.5 Å². The molecule has 3 rings (SSSR count). The van der Waals surface area contributed by atoms with Crippen molar-refractivity contribution >= 4 is 5.91 Å². The highest BCUT2D eigenvalue weighted by atomic mass is 19.4. The molecule has 2 aromatic carbocycles. The van der Waals surface area contributed by atoms with Gasteiger partial charge in [-0.1, -0.05) is 18.2 Å². The fourth-order valence-electron chi connectivity index (χ4n) is 2.53. The molecule has 3 aromatic rings. The van der Waals surface area contributed by atoms with Crippen molar-refractivity contribution in [1.29, 1.82) is 0 Å². The molecular formula is C17H10F6N4O. The van der Waals surface area contributed by atoms with Crippen LogP contribution < -0.4 is 5.73 Å². The average molecular weight is 400 g/mol. The standard InChI is InChI=1S/C17H10F6N4O/c18-16(19,20)10-4-5-12(17(21,22)23)11(7-10)8-2-1-3-9(6-8)14-25-15(13(24)28)27-26-14/h1-7H,(H2,24,28)(H,25,26,27). The third-order valence-corrected chi connectivity index (χ3v) is 3.80. The molecule has 0 spiro atoms. The van der Waals surface area contributed by atoms with Crippen molar-refractivity contribution in [3.63, 3.8) is 0 Å². The van der Waals surface area contributed by atoms with Crippen LogP contribution in [0.4, 0.5) is 26.3 Å². The number of nitrogens with zero attached hydrogens (tertiary/aromatic N) is 2. The van der Waals surface area contributed by atoms with E-state index in [1.807, 2.05) is 0 Å². The Hall–Kier alpha value is -3.37. The fourth-order valence-corrected chi connectivity index (χ4v) is 2.53. The number of alkyl halides is 6.